The lowest BCUT2D eigenvalue weighted by Crippen LogP contribution is -2.38. The lowest BCUT2D eigenvalue weighted by Gasteiger charge is -2.19. The van der Waals surface area contributed by atoms with Crippen molar-refractivity contribution in [2.45, 2.75) is 38.0 Å². The summed E-state index contributed by atoms with van der Waals surface area (Å²) in [6.45, 7) is 2.46. The van der Waals surface area contributed by atoms with Crippen LogP contribution in [0, 0.1) is 5.92 Å². The van der Waals surface area contributed by atoms with Crippen LogP contribution in [-0.4, -0.2) is 29.8 Å². The number of aliphatic hydroxyl groups is 1. The number of ether oxygens (including phenoxy) is 1. The Kier molecular flexibility index (Phi) is 3.29. The summed E-state index contributed by atoms with van der Waals surface area (Å²) in [6.07, 6.45) is 0.993. The molecule has 2 N–H and O–H groups in total. The van der Waals surface area contributed by atoms with Gasteiger partial charge in [0.1, 0.15) is 0 Å². The number of aliphatic hydroxyl groups excluding tert-OH is 1. The highest BCUT2D eigenvalue weighted by Gasteiger charge is 2.35. The Morgan fingerprint density at radius 3 is 2.95 bits per heavy atom. The van der Waals surface area contributed by atoms with Crippen LogP contribution in [0.1, 0.15) is 30.5 Å². The van der Waals surface area contributed by atoms with E-state index in [1.165, 1.54) is 0 Å². The maximum atomic E-state index is 12.2. The van der Waals surface area contributed by atoms with Crippen molar-refractivity contribution in [3.63, 3.8) is 0 Å². The van der Waals surface area contributed by atoms with Gasteiger partial charge in [-0.15, -0.1) is 0 Å². The standard InChI is InChI=1S/C15H19NO3/c1-9-6-11(8-19-9)15(18)16-14-12-5-3-2-4-10(12)7-13(14)17/h2-5,9,11,13-14,17H,6-8H2,1H3,(H,16,18). The Hall–Kier alpha value is -1.39. The van der Waals surface area contributed by atoms with E-state index in [-0.39, 0.29) is 24.0 Å². The predicted molar refractivity (Wildman–Crippen MR) is 70.6 cm³/mol. The fraction of sp³-hybridized carbons (Fsp3) is 0.533. The summed E-state index contributed by atoms with van der Waals surface area (Å²) in [5.41, 5.74) is 2.16. The fourth-order valence-electron chi connectivity index (χ4n) is 3.02. The highest BCUT2D eigenvalue weighted by molar-refractivity contribution is 5.79. The first-order valence-corrected chi connectivity index (χ1v) is 6.83. The first-order valence-electron chi connectivity index (χ1n) is 6.83. The minimum atomic E-state index is -0.527. The van der Waals surface area contributed by atoms with E-state index in [0.29, 0.717) is 13.0 Å². The second kappa shape index (κ2) is 4.94. The van der Waals surface area contributed by atoms with Crippen molar-refractivity contribution in [1.82, 2.24) is 5.32 Å². The fourth-order valence-corrected chi connectivity index (χ4v) is 3.02. The van der Waals surface area contributed by atoms with Gasteiger partial charge >= 0.3 is 0 Å². The molecule has 1 fully saturated rings. The van der Waals surface area contributed by atoms with Gasteiger partial charge in [-0.25, -0.2) is 0 Å². The third-order valence-electron chi connectivity index (χ3n) is 4.07. The lowest BCUT2D eigenvalue weighted by molar-refractivity contribution is -0.126. The van der Waals surface area contributed by atoms with Crippen molar-refractivity contribution in [3.05, 3.63) is 35.4 Å². The molecule has 0 bridgehead atoms. The molecule has 4 unspecified atom stereocenters. The first kappa shape index (κ1) is 12.6. The molecule has 3 rings (SSSR count). The zero-order valence-corrected chi connectivity index (χ0v) is 11.0. The van der Waals surface area contributed by atoms with Gasteiger partial charge in [-0.1, -0.05) is 24.3 Å². The number of carbonyl (C=O) groups is 1. The van der Waals surface area contributed by atoms with Gasteiger partial charge in [-0.05, 0) is 24.5 Å². The molecule has 102 valence electrons. The molecule has 1 aromatic carbocycles. The third-order valence-corrected chi connectivity index (χ3v) is 4.07. The number of amides is 1. The molecule has 0 spiro atoms. The smallest absolute Gasteiger partial charge is 0.226 e. The van der Waals surface area contributed by atoms with Crippen molar-refractivity contribution in [1.29, 1.82) is 0 Å². The van der Waals surface area contributed by atoms with Gasteiger partial charge in [0.05, 0.1) is 30.8 Å². The molecule has 1 aliphatic carbocycles. The van der Waals surface area contributed by atoms with Gasteiger partial charge in [0.2, 0.25) is 5.91 Å². The van der Waals surface area contributed by atoms with E-state index in [0.717, 1.165) is 17.5 Å². The van der Waals surface area contributed by atoms with Gasteiger partial charge in [0, 0.05) is 6.42 Å². The van der Waals surface area contributed by atoms with Crippen LogP contribution in [0.15, 0.2) is 24.3 Å². The van der Waals surface area contributed by atoms with Gasteiger partial charge in [0.25, 0.3) is 0 Å². The van der Waals surface area contributed by atoms with E-state index in [1.807, 2.05) is 31.2 Å². The van der Waals surface area contributed by atoms with E-state index in [1.54, 1.807) is 0 Å². The second-order valence-corrected chi connectivity index (χ2v) is 5.53. The highest BCUT2D eigenvalue weighted by atomic mass is 16.5. The summed E-state index contributed by atoms with van der Waals surface area (Å²) < 4.78 is 5.42. The molecule has 4 atom stereocenters. The van der Waals surface area contributed by atoms with Gasteiger partial charge in [-0.3, -0.25) is 4.79 Å². The molecule has 1 aliphatic heterocycles. The summed E-state index contributed by atoms with van der Waals surface area (Å²) in [6, 6.07) is 7.61. The van der Waals surface area contributed by atoms with Crippen LogP contribution < -0.4 is 5.32 Å². The summed E-state index contributed by atoms with van der Waals surface area (Å²) in [5.74, 6) is -0.0972. The molecule has 1 saturated heterocycles. The van der Waals surface area contributed by atoms with Gasteiger partial charge < -0.3 is 15.2 Å². The Bertz CT molecular complexity index is 488. The molecule has 0 radical (unpaired) electrons. The van der Waals surface area contributed by atoms with Crippen LogP contribution in [0.25, 0.3) is 0 Å². The van der Waals surface area contributed by atoms with E-state index < -0.39 is 6.10 Å². The number of rotatable bonds is 2. The predicted octanol–water partition coefficient (Wildman–Crippen LogP) is 1.19. The topological polar surface area (TPSA) is 58.6 Å². The van der Waals surface area contributed by atoms with Crippen molar-refractivity contribution < 1.29 is 14.6 Å². The molecule has 2 aliphatic rings. The number of carbonyl (C=O) groups excluding carboxylic acids is 1. The molecule has 0 saturated carbocycles. The van der Waals surface area contributed by atoms with Gasteiger partial charge in [-0.2, -0.15) is 0 Å². The van der Waals surface area contributed by atoms with E-state index in [4.69, 9.17) is 4.74 Å². The van der Waals surface area contributed by atoms with Gasteiger partial charge in [0.15, 0.2) is 0 Å². The number of hydrogen-bond donors (Lipinski definition) is 2. The third kappa shape index (κ3) is 2.38. The molecular formula is C15H19NO3. The van der Waals surface area contributed by atoms with Crippen LogP contribution >= 0.6 is 0 Å². The zero-order chi connectivity index (χ0) is 13.4. The minimum absolute atomic E-state index is 0.00916. The molecule has 19 heavy (non-hydrogen) atoms. The molecule has 1 amide bonds. The van der Waals surface area contributed by atoms with Crippen molar-refractivity contribution >= 4 is 5.91 Å². The number of hydrogen-bond acceptors (Lipinski definition) is 3. The summed E-state index contributed by atoms with van der Waals surface area (Å²) in [5, 5.41) is 13.1. The first-order chi connectivity index (χ1) is 9.15. The molecule has 1 aromatic rings. The number of fused-ring (bicyclic) bond motifs is 1. The Labute approximate surface area is 112 Å². The largest absolute Gasteiger partial charge is 0.390 e. The molecule has 1 heterocycles. The summed E-state index contributed by atoms with van der Waals surface area (Å²) in [4.78, 5) is 12.2. The molecule has 4 heteroatoms. The van der Waals surface area contributed by atoms with Crippen molar-refractivity contribution in [3.8, 4) is 0 Å². The van der Waals surface area contributed by atoms with Crippen LogP contribution in [0.2, 0.25) is 0 Å². The Morgan fingerprint density at radius 1 is 1.42 bits per heavy atom. The minimum Gasteiger partial charge on any atom is -0.390 e. The van der Waals surface area contributed by atoms with Crippen LogP contribution in [-0.2, 0) is 16.0 Å². The summed E-state index contributed by atoms with van der Waals surface area (Å²) in [7, 11) is 0. The quantitative estimate of drug-likeness (QED) is 0.840. The SMILES string of the molecule is CC1CC(C(=O)NC2c3ccccc3CC2O)CO1. The Balaban J connectivity index is 1.71. The van der Waals surface area contributed by atoms with E-state index in [9.17, 15) is 9.90 Å². The highest BCUT2D eigenvalue weighted by Crippen LogP contribution is 2.32. The molecule has 0 aromatic heterocycles. The van der Waals surface area contributed by atoms with Crippen LogP contribution in [0.4, 0.5) is 0 Å². The van der Waals surface area contributed by atoms with Crippen LogP contribution in [0.5, 0.6) is 0 Å². The zero-order valence-electron chi connectivity index (χ0n) is 11.0. The maximum absolute atomic E-state index is 12.2. The average molecular weight is 261 g/mol. The van der Waals surface area contributed by atoms with Crippen LogP contribution in [0.3, 0.4) is 0 Å². The molecular weight excluding hydrogens is 242 g/mol. The number of benzene rings is 1. The second-order valence-electron chi connectivity index (χ2n) is 5.53. The average Bonchev–Trinajstić information content (AvgIpc) is 2.95. The number of nitrogens with one attached hydrogen (secondary N) is 1. The maximum Gasteiger partial charge on any atom is 0.226 e. The molecule has 4 nitrogen and oxygen atoms in total. The van der Waals surface area contributed by atoms with Crippen molar-refractivity contribution in [2.24, 2.45) is 5.92 Å². The monoisotopic (exact) mass is 261 g/mol. The normalized spacial score (nSPS) is 33.2. The lowest BCUT2D eigenvalue weighted by atomic mass is 10.0. The van der Waals surface area contributed by atoms with Crippen molar-refractivity contribution in [2.75, 3.05) is 6.61 Å². The summed E-state index contributed by atoms with van der Waals surface area (Å²) >= 11 is 0. The Morgan fingerprint density at radius 2 is 2.21 bits per heavy atom. The van der Waals surface area contributed by atoms with E-state index >= 15 is 0 Å². The van der Waals surface area contributed by atoms with E-state index in [2.05, 4.69) is 5.32 Å².